The summed E-state index contributed by atoms with van der Waals surface area (Å²) < 4.78 is 0. The van der Waals surface area contributed by atoms with Gasteiger partial charge in [-0.1, -0.05) is 45.4 Å². The van der Waals surface area contributed by atoms with Crippen molar-refractivity contribution in [2.24, 2.45) is 5.92 Å². The van der Waals surface area contributed by atoms with Crippen LogP contribution in [-0.2, 0) is 17.8 Å². The molecule has 5 nitrogen and oxygen atoms in total. The maximum absolute atomic E-state index is 12.5. The Kier molecular flexibility index (Phi) is 5.93. The van der Waals surface area contributed by atoms with Gasteiger partial charge in [-0.3, -0.25) is 9.69 Å². The molecule has 2 heterocycles. The number of rotatable bonds is 7. The molecule has 1 aromatic heterocycles. The quantitative estimate of drug-likeness (QED) is 0.835. The number of nitrogens with zero attached hydrogens (tertiary/aromatic N) is 3. The minimum absolute atomic E-state index is 0.0327. The number of H-pyrrole nitrogens is 1. The molecule has 2 fully saturated rings. The molecule has 0 bridgehead atoms. The van der Waals surface area contributed by atoms with Crippen LogP contribution in [0, 0.1) is 5.92 Å². The standard InChI is InChI=1S/C19H32N4O/c1-3-4-9-17-19(24)22(2)10-11-23(17)14-16-13-20-18(21-16)12-15-7-5-6-8-15/h13,15,17H,3-12,14H2,1-2H3,(H,20,21)/t17-/m1/s1. The van der Waals surface area contributed by atoms with Crippen LogP contribution >= 0.6 is 0 Å². The largest absolute Gasteiger partial charge is 0.345 e. The van der Waals surface area contributed by atoms with E-state index in [9.17, 15) is 4.79 Å². The van der Waals surface area contributed by atoms with Crippen molar-refractivity contribution >= 4 is 5.91 Å². The number of carbonyl (C=O) groups excluding carboxylic acids is 1. The van der Waals surface area contributed by atoms with Crippen molar-refractivity contribution in [2.45, 2.75) is 70.9 Å². The van der Waals surface area contributed by atoms with Crippen LogP contribution in [0.2, 0.25) is 0 Å². The SMILES string of the molecule is CCCC[C@@H]1C(=O)N(C)CCN1Cc1cnc(CC2CCCC2)[nH]1. The van der Waals surface area contributed by atoms with Crippen LogP contribution in [0.4, 0.5) is 0 Å². The number of amides is 1. The van der Waals surface area contributed by atoms with Gasteiger partial charge in [-0.2, -0.15) is 0 Å². The Morgan fingerprint density at radius 1 is 1.29 bits per heavy atom. The molecule has 1 atom stereocenters. The summed E-state index contributed by atoms with van der Waals surface area (Å²) in [7, 11) is 1.93. The topological polar surface area (TPSA) is 52.2 Å². The van der Waals surface area contributed by atoms with Gasteiger partial charge in [0.05, 0.1) is 6.04 Å². The minimum atomic E-state index is 0.0327. The van der Waals surface area contributed by atoms with Crippen LogP contribution in [0.25, 0.3) is 0 Å². The summed E-state index contributed by atoms with van der Waals surface area (Å²) in [6, 6.07) is 0.0327. The molecule has 2 aliphatic rings. The fourth-order valence-electron chi connectivity index (χ4n) is 4.14. The van der Waals surface area contributed by atoms with E-state index in [0.717, 1.165) is 62.8 Å². The third-order valence-electron chi connectivity index (χ3n) is 5.67. The van der Waals surface area contributed by atoms with E-state index in [1.807, 2.05) is 18.1 Å². The van der Waals surface area contributed by atoms with E-state index < -0.39 is 0 Å². The second-order valence-corrected chi connectivity index (χ2v) is 7.60. The number of aromatic amines is 1. The van der Waals surface area contributed by atoms with E-state index in [1.165, 1.54) is 25.7 Å². The van der Waals surface area contributed by atoms with Crippen LogP contribution in [0.3, 0.4) is 0 Å². The van der Waals surface area contributed by atoms with E-state index in [0.29, 0.717) is 0 Å². The molecule has 1 saturated heterocycles. The van der Waals surface area contributed by atoms with Crippen LogP contribution in [0.1, 0.15) is 63.4 Å². The molecule has 1 aliphatic carbocycles. The first-order chi connectivity index (χ1) is 11.7. The predicted molar refractivity (Wildman–Crippen MR) is 95.6 cm³/mol. The number of unbranched alkanes of at least 4 members (excludes halogenated alkanes) is 1. The Morgan fingerprint density at radius 3 is 2.83 bits per heavy atom. The third-order valence-corrected chi connectivity index (χ3v) is 5.67. The fourth-order valence-corrected chi connectivity index (χ4v) is 4.14. The summed E-state index contributed by atoms with van der Waals surface area (Å²) in [4.78, 5) is 24.8. The van der Waals surface area contributed by atoms with E-state index in [2.05, 4.69) is 21.8 Å². The summed E-state index contributed by atoms with van der Waals surface area (Å²) in [6.45, 7) is 4.77. The van der Waals surface area contributed by atoms with Gasteiger partial charge >= 0.3 is 0 Å². The number of imidazole rings is 1. The Hall–Kier alpha value is -1.36. The molecule has 3 rings (SSSR count). The molecular weight excluding hydrogens is 300 g/mol. The number of carbonyl (C=O) groups is 1. The van der Waals surface area contributed by atoms with Gasteiger partial charge in [-0.25, -0.2) is 4.98 Å². The van der Waals surface area contributed by atoms with Gasteiger partial charge < -0.3 is 9.88 Å². The maximum Gasteiger partial charge on any atom is 0.239 e. The lowest BCUT2D eigenvalue weighted by Gasteiger charge is -2.39. The average molecular weight is 332 g/mol. The van der Waals surface area contributed by atoms with E-state index in [-0.39, 0.29) is 11.9 Å². The Morgan fingerprint density at radius 2 is 2.08 bits per heavy atom. The summed E-state index contributed by atoms with van der Waals surface area (Å²) in [5.74, 6) is 2.22. The highest BCUT2D eigenvalue weighted by atomic mass is 16.2. The monoisotopic (exact) mass is 332 g/mol. The van der Waals surface area contributed by atoms with Crippen LogP contribution < -0.4 is 0 Å². The number of hydrogen-bond donors (Lipinski definition) is 1. The molecule has 1 aliphatic heterocycles. The van der Waals surface area contributed by atoms with Crippen molar-refractivity contribution in [3.05, 3.63) is 17.7 Å². The zero-order valence-electron chi connectivity index (χ0n) is 15.3. The normalized spacial score (nSPS) is 23.3. The van der Waals surface area contributed by atoms with Crippen LogP contribution in [-0.4, -0.2) is 51.9 Å². The van der Waals surface area contributed by atoms with Crippen molar-refractivity contribution in [3.8, 4) is 0 Å². The van der Waals surface area contributed by atoms with Crippen molar-refractivity contribution in [2.75, 3.05) is 20.1 Å². The van der Waals surface area contributed by atoms with Gasteiger partial charge in [-0.05, 0) is 12.3 Å². The van der Waals surface area contributed by atoms with Gasteiger partial charge in [0.15, 0.2) is 0 Å². The number of likely N-dealkylation sites (N-methyl/N-ethyl adjacent to an activating group) is 1. The predicted octanol–water partition coefficient (Wildman–Crippen LogP) is 2.98. The van der Waals surface area contributed by atoms with Crippen molar-refractivity contribution in [1.29, 1.82) is 0 Å². The Bertz CT molecular complexity index is 535. The second kappa shape index (κ2) is 8.15. The van der Waals surface area contributed by atoms with Gasteiger partial charge in [0.25, 0.3) is 0 Å². The molecule has 134 valence electrons. The molecule has 1 aromatic rings. The van der Waals surface area contributed by atoms with E-state index in [1.54, 1.807) is 0 Å². The van der Waals surface area contributed by atoms with Gasteiger partial charge in [0, 0.05) is 45.0 Å². The first-order valence-corrected chi connectivity index (χ1v) is 9.69. The molecule has 1 saturated carbocycles. The van der Waals surface area contributed by atoms with E-state index in [4.69, 9.17) is 0 Å². The average Bonchev–Trinajstić information content (AvgIpc) is 3.23. The van der Waals surface area contributed by atoms with Crippen molar-refractivity contribution in [3.63, 3.8) is 0 Å². The van der Waals surface area contributed by atoms with Crippen LogP contribution in [0.15, 0.2) is 6.20 Å². The lowest BCUT2D eigenvalue weighted by Crippen LogP contribution is -2.55. The van der Waals surface area contributed by atoms with E-state index >= 15 is 0 Å². The zero-order chi connectivity index (χ0) is 16.9. The molecular formula is C19H32N4O. The number of aromatic nitrogens is 2. The summed E-state index contributed by atoms with van der Waals surface area (Å²) in [6.07, 6.45) is 11.7. The summed E-state index contributed by atoms with van der Waals surface area (Å²) in [5.41, 5.74) is 1.15. The van der Waals surface area contributed by atoms with Crippen LogP contribution in [0.5, 0.6) is 0 Å². The fraction of sp³-hybridized carbons (Fsp3) is 0.789. The van der Waals surface area contributed by atoms with Gasteiger partial charge in [0.1, 0.15) is 5.82 Å². The molecule has 1 N–H and O–H groups in total. The highest BCUT2D eigenvalue weighted by Crippen LogP contribution is 2.27. The van der Waals surface area contributed by atoms with Gasteiger partial charge in [0.2, 0.25) is 5.91 Å². The minimum Gasteiger partial charge on any atom is -0.345 e. The molecule has 24 heavy (non-hydrogen) atoms. The maximum atomic E-state index is 12.5. The number of piperazine rings is 1. The first-order valence-electron chi connectivity index (χ1n) is 9.69. The molecule has 0 aromatic carbocycles. The molecule has 0 radical (unpaired) electrons. The lowest BCUT2D eigenvalue weighted by molar-refractivity contribution is -0.140. The smallest absolute Gasteiger partial charge is 0.239 e. The van der Waals surface area contributed by atoms with Gasteiger partial charge in [-0.15, -0.1) is 0 Å². The zero-order valence-corrected chi connectivity index (χ0v) is 15.3. The number of hydrogen-bond acceptors (Lipinski definition) is 3. The molecule has 1 amide bonds. The van der Waals surface area contributed by atoms with Crippen molar-refractivity contribution < 1.29 is 4.79 Å². The highest BCUT2D eigenvalue weighted by molar-refractivity contribution is 5.82. The number of nitrogens with one attached hydrogen (secondary N) is 1. The molecule has 0 spiro atoms. The lowest BCUT2D eigenvalue weighted by atomic mass is 10.0. The molecule has 5 heteroatoms. The third kappa shape index (κ3) is 4.18. The summed E-state index contributed by atoms with van der Waals surface area (Å²) >= 11 is 0. The summed E-state index contributed by atoms with van der Waals surface area (Å²) in [5, 5.41) is 0. The first kappa shape index (κ1) is 17.5. The second-order valence-electron chi connectivity index (χ2n) is 7.60. The molecule has 0 unspecified atom stereocenters. The highest BCUT2D eigenvalue weighted by Gasteiger charge is 2.32. The Labute approximate surface area is 145 Å². The van der Waals surface area contributed by atoms with Crippen molar-refractivity contribution in [1.82, 2.24) is 19.8 Å². The Balaban J connectivity index is 1.60.